The Bertz CT molecular complexity index is 1510. The molecule has 12 N–H and O–H groups in total. The van der Waals surface area contributed by atoms with Crippen LogP contribution in [0.1, 0.15) is 57.6 Å². The number of aromatic nitrogens is 3. The predicted octanol–water partition coefficient (Wildman–Crippen LogP) is -1.64. The highest BCUT2D eigenvalue weighted by Gasteiger charge is 2.49. The molecular weight excluding hydrogens is 737 g/mol. The molecule has 23 heteroatoms. The fraction of sp³-hybridized carbons (Fsp3) is 0.700. The average molecular weight is 787 g/mol. The van der Waals surface area contributed by atoms with E-state index in [2.05, 4.69) is 41.9 Å². The van der Waals surface area contributed by atoms with E-state index < -0.39 is 68.5 Å². The van der Waals surface area contributed by atoms with E-state index in [9.17, 15) is 38.8 Å². The Labute approximate surface area is 310 Å². The smallest absolute Gasteiger partial charge is 0.447 e. The molecule has 0 aliphatic carbocycles. The van der Waals surface area contributed by atoms with Crippen LogP contribution in [0.15, 0.2) is 22.8 Å². The summed E-state index contributed by atoms with van der Waals surface area (Å²) >= 11 is 1.87. The molecule has 2 saturated heterocycles. The van der Waals surface area contributed by atoms with Crippen LogP contribution < -0.4 is 38.1 Å². The van der Waals surface area contributed by atoms with Crippen LogP contribution in [0.5, 0.6) is 0 Å². The number of aliphatic hydroxyl groups is 2. The molecule has 1 aromatic rings. The van der Waals surface area contributed by atoms with Gasteiger partial charge in [0.05, 0.1) is 37.5 Å². The van der Waals surface area contributed by atoms with E-state index in [-0.39, 0.29) is 30.6 Å². The third-order valence-electron chi connectivity index (χ3n) is 8.75. The number of rotatable bonds is 20. The maximum Gasteiger partial charge on any atom is 0.585 e. The minimum Gasteiger partial charge on any atom is -0.447 e. The maximum absolute atomic E-state index is 12.8. The second-order valence-corrected chi connectivity index (χ2v) is 15.1. The molecule has 0 spiro atoms. The third kappa shape index (κ3) is 12.7. The molecule has 2 fully saturated rings. The number of guanidine groups is 1. The molecule has 5 amide bonds. The molecule has 9 atom stereocenters. The molecule has 21 nitrogen and oxygen atoms in total. The van der Waals surface area contributed by atoms with Crippen LogP contribution in [0, 0.1) is 0 Å². The SMILES string of the molecule is CC(=O)N[C@H]1[C@H]([C@H](OC(=O)NCc2cn(CCCCCNC(=O)CCCC[C@@H]3SC[C@@H]4NC(=O)N[C@@H]43)nn2)[C@H](O)CO)OC([P+](=O)O)=C[C@@H]1N=C(N)N. The molecule has 294 valence electrons. The predicted molar refractivity (Wildman–Crippen MR) is 191 cm³/mol. The highest BCUT2D eigenvalue weighted by Crippen LogP contribution is 2.37. The summed E-state index contributed by atoms with van der Waals surface area (Å²) in [5.41, 5.74) is 10.9. The highest BCUT2D eigenvalue weighted by atomic mass is 32.2. The van der Waals surface area contributed by atoms with Crippen molar-refractivity contribution in [2.24, 2.45) is 16.5 Å². The van der Waals surface area contributed by atoms with E-state index >= 15 is 0 Å². The van der Waals surface area contributed by atoms with Crippen molar-refractivity contribution in [3.05, 3.63) is 23.5 Å². The van der Waals surface area contributed by atoms with E-state index in [0.29, 0.717) is 30.5 Å². The van der Waals surface area contributed by atoms with Gasteiger partial charge in [-0.15, -0.1) is 5.10 Å². The highest BCUT2D eigenvalue weighted by molar-refractivity contribution is 8.00. The van der Waals surface area contributed by atoms with Gasteiger partial charge in [-0.3, -0.25) is 14.3 Å². The zero-order valence-electron chi connectivity index (χ0n) is 29.3. The Morgan fingerprint density at radius 1 is 1.21 bits per heavy atom. The minimum absolute atomic E-state index is 0.0273. The number of hydrogen-bond donors (Lipinski definition) is 10. The Balaban J connectivity index is 1.15. The van der Waals surface area contributed by atoms with E-state index in [1.54, 1.807) is 10.9 Å². The van der Waals surface area contributed by atoms with Crippen molar-refractivity contribution in [3.63, 3.8) is 0 Å². The number of nitrogens with zero attached hydrogens (tertiary/aromatic N) is 4. The summed E-state index contributed by atoms with van der Waals surface area (Å²) < 4.78 is 24.5. The standard InChI is InChI=1S/C30H48N11O10PS/c1-16(43)35-25-18(36-28(31)32)11-23(52(48)49)50-27(25)26(20(44)14-42)51-30(47)34-12-17-13-41(40-39-17)10-6-2-5-9-33-22(45)8-4-3-7-21-24-19(15-53-21)37-29(46)38-24/h11,13,18-21,24-27,42,44H,2-10,12,14-15H2,1H3,(H9-,31,32,33,34,35,36,37,38,43,45,46,47,48,49)/p+1/t18-,19-,20+,21-,24-,25+,26+,27+/m0/s1. The lowest BCUT2D eigenvalue weighted by Gasteiger charge is -2.38. The van der Waals surface area contributed by atoms with E-state index in [0.717, 1.165) is 50.4 Å². The number of carbonyl (C=O) groups excluding carboxylic acids is 4. The van der Waals surface area contributed by atoms with Crippen molar-refractivity contribution in [1.29, 1.82) is 0 Å². The summed E-state index contributed by atoms with van der Waals surface area (Å²) in [6.45, 7) is 1.29. The number of urea groups is 1. The molecule has 1 unspecified atom stereocenters. The number of thioether (sulfide) groups is 1. The van der Waals surface area contributed by atoms with Crippen LogP contribution >= 0.6 is 19.8 Å². The molecule has 3 aliphatic rings. The number of aryl methyl sites for hydroxylation is 1. The molecule has 4 rings (SSSR count). The van der Waals surface area contributed by atoms with Crippen LogP contribution in [0.2, 0.25) is 0 Å². The number of fused-ring (bicyclic) bond motifs is 1. The largest absolute Gasteiger partial charge is 0.585 e. The summed E-state index contributed by atoms with van der Waals surface area (Å²) in [6.07, 6.45) is 2.35. The van der Waals surface area contributed by atoms with E-state index in [1.807, 2.05) is 11.8 Å². The molecule has 1 aromatic heterocycles. The molecule has 0 bridgehead atoms. The first kappa shape index (κ1) is 41.5. The fourth-order valence-corrected chi connectivity index (χ4v) is 8.30. The van der Waals surface area contributed by atoms with Crippen LogP contribution in [0.3, 0.4) is 0 Å². The van der Waals surface area contributed by atoms with Crippen LogP contribution in [0.4, 0.5) is 9.59 Å². The van der Waals surface area contributed by atoms with Crippen LogP contribution in [-0.4, -0.2) is 127 Å². The Morgan fingerprint density at radius 2 is 2.00 bits per heavy atom. The second-order valence-electron chi connectivity index (χ2n) is 12.9. The number of alkyl carbamates (subject to hydrolysis) is 1. The van der Waals surface area contributed by atoms with Crippen molar-refractivity contribution in [3.8, 4) is 0 Å². The summed E-state index contributed by atoms with van der Waals surface area (Å²) in [6, 6.07) is -2.04. The zero-order chi connectivity index (χ0) is 38.5. The molecule has 0 radical (unpaired) electrons. The Morgan fingerprint density at radius 3 is 2.72 bits per heavy atom. The first-order valence-electron chi connectivity index (χ1n) is 17.3. The first-order valence-corrected chi connectivity index (χ1v) is 19.6. The number of nitrogens with two attached hydrogens (primary N) is 2. The molecule has 0 saturated carbocycles. The lowest BCUT2D eigenvalue weighted by Crippen LogP contribution is -2.60. The van der Waals surface area contributed by atoms with Gasteiger partial charge in [-0.05, 0) is 36.7 Å². The van der Waals surface area contributed by atoms with Crippen molar-refractivity contribution in [2.45, 2.75) is 113 Å². The molecule has 53 heavy (non-hydrogen) atoms. The molecule has 4 heterocycles. The van der Waals surface area contributed by atoms with Gasteiger partial charge in [-0.25, -0.2) is 14.6 Å². The summed E-state index contributed by atoms with van der Waals surface area (Å²) in [4.78, 5) is 62.3. The Hall–Kier alpha value is -4.24. The second kappa shape index (κ2) is 20.3. The zero-order valence-corrected chi connectivity index (χ0v) is 31.0. The first-order chi connectivity index (χ1) is 25.3. The van der Waals surface area contributed by atoms with Crippen LogP contribution in [0.25, 0.3) is 0 Å². The number of carbonyl (C=O) groups is 4. The van der Waals surface area contributed by atoms with Gasteiger partial charge in [0.15, 0.2) is 18.2 Å². The third-order valence-corrected chi connectivity index (χ3v) is 10.9. The number of hydrogen-bond acceptors (Lipinski definition) is 13. The number of nitrogens with one attached hydrogen (secondary N) is 5. The average Bonchev–Trinajstić information content (AvgIpc) is 3.82. The number of ether oxygens (including phenoxy) is 2. The van der Waals surface area contributed by atoms with Gasteiger partial charge in [0.1, 0.15) is 17.8 Å². The summed E-state index contributed by atoms with van der Waals surface area (Å²) in [5.74, 6) is -0.0393. The monoisotopic (exact) mass is 786 g/mol. The summed E-state index contributed by atoms with van der Waals surface area (Å²) in [5, 5.41) is 42.7. The van der Waals surface area contributed by atoms with Crippen molar-refractivity contribution in [1.82, 2.24) is 41.6 Å². The van der Waals surface area contributed by atoms with Gasteiger partial charge in [-0.1, -0.05) is 11.6 Å². The van der Waals surface area contributed by atoms with E-state index in [1.165, 1.54) is 6.92 Å². The van der Waals surface area contributed by atoms with Gasteiger partial charge < -0.3 is 57.7 Å². The molecule has 0 aromatic carbocycles. The van der Waals surface area contributed by atoms with E-state index in [4.69, 9.17) is 20.9 Å². The van der Waals surface area contributed by atoms with Gasteiger partial charge in [-0.2, -0.15) is 16.7 Å². The van der Waals surface area contributed by atoms with Crippen LogP contribution in [-0.2, 0) is 36.7 Å². The minimum atomic E-state index is -3.08. The fourth-order valence-electron chi connectivity index (χ4n) is 6.26. The lowest BCUT2D eigenvalue weighted by molar-refractivity contribution is -0.126. The quantitative estimate of drug-likeness (QED) is 0.0233. The maximum atomic E-state index is 12.8. The van der Waals surface area contributed by atoms with Gasteiger partial charge in [0, 0.05) is 43.5 Å². The number of aliphatic imine (C=N–C) groups is 1. The number of unbranched alkanes of at least 4 members (excludes halogenated alkanes) is 3. The van der Waals surface area contributed by atoms with Crippen molar-refractivity contribution >= 4 is 49.7 Å². The number of amides is 5. The van der Waals surface area contributed by atoms with Crippen molar-refractivity contribution < 1.29 is 48.3 Å². The van der Waals surface area contributed by atoms with Gasteiger partial charge in [0.25, 0.3) is 0 Å². The van der Waals surface area contributed by atoms with Gasteiger partial charge >= 0.3 is 25.7 Å². The Kier molecular flexibility index (Phi) is 15.9. The topological polar surface area (TPSA) is 320 Å². The molecule has 3 aliphatic heterocycles. The van der Waals surface area contributed by atoms with Gasteiger partial charge in [0.2, 0.25) is 11.8 Å². The summed E-state index contributed by atoms with van der Waals surface area (Å²) in [7, 11) is -3.08. The lowest BCUT2D eigenvalue weighted by atomic mass is 9.93. The molecular formula is C30H49N11O10PS+. The van der Waals surface area contributed by atoms with Crippen molar-refractivity contribution in [2.75, 3.05) is 18.9 Å². The normalized spacial score (nSPS) is 24.6. The number of aliphatic hydroxyl groups excluding tert-OH is 2.